The summed E-state index contributed by atoms with van der Waals surface area (Å²) in [6.45, 7) is 15.0. The van der Waals surface area contributed by atoms with Crippen molar-refractivity contribution in [2.24, 2.45) is 17.3 Å². The summed E-state index contributed by atoms with van der Waals surface area (Å²) < 4.78 is 5.45. The van der Waals surface area contributed by atoms with Crippen LogP contribution in [0.3, 0.4) is 0 Å². The van der Waals surface area contributed by atoms with Crippen LogP contribution in [0.2, 0.25) is 5.02 Å². The zero-order valence-corrected chi connectivity index (χ0v) is 24.6. The second kappa shape index (κ2) is 11.4. The van der Waals surface area contributed by atoms with Crippen molar-refractivity contribution in [1.82, 2.24) is 15.1 Å². The Hall–Kier alpha value is -2.32. The maximum Gasteiger partial charge on any atom is 0.410 e. The molecule has 2 aliphatic heterocycles. The van der Waals surface area contributed by atoms with Gasteiger partial charge < -0.3 is 25.0 Å². The highest BCUT2D eigenvalue weighted by Crippen LogP contribution is 2.46. The molecule has 3 amide bonds. The van der Waals surface area contributed by atoms with Gasteiger partial charge in [-0.2, -0.15) is 0 Å². The topological polar surface area (TPSA) is 99.2 Å². The number of halogens is 1. The maximum atomic E-state index is 13.6. The van der Waals surface area contributed by atoms with Crippen molar-refractivity contribution in [3.8, 4) is 0 Å². The van der Waals surface area contributed by atoms with Crippen LogP contribution >= 0.6 is 11.6 Å². The summed E-state index contributed by atoms with van der Waals surface area (Å²) in [5.41, 5.74) is -1.50. The van der Waals surface area contributed by atoms with Gasteiger partial charge in [0.15, 0.2) is 0 Å². The maximum absolute atomic E-state index is 13.6. The van der Waals surface area contributed by atoms with Crippen LogP contribution in [0, 0.1) is 17.3 Å². The predicted molar refractivity (Wildman–Crippen MR) is 148 cm³/mol. The average molecular weight is 550 g/mol. The van der Waals surface area contributed by atoms with E-state index in [0.717, 1.165) is 12.0 Å². The number of nitrogens with one attached hydrogen (secondary N) is 1. The summed E-state index contributed by atoms with van der Waals surface area (Å²) in [7, 11) is 0. The number of hydrogen-bond acceptors (Lipinski definition) is 5. The summed E-state index contributed by atoms with van der Waals surface area (Å²) in [6.07, 6.45) is 0.991. The van der Waals surface area contributed by atoms with Crippen LogP contribution in [0.1, 0.15) is 73.3 Å². The quantitative estimate of drug-likeness (QED) is 0.541. The molecule has 0 aliphatic carbocycles. The fourth-order valence-corrected chi connectivity index (χ4v) is 5.59. The minimum Gasteiger partial charge on any atom is -0.444 e. The molecule has 0 radical (unpaired) electrons. The van der Waals surface area contributed by atoms with E-state index in [9.17, 15) is 19.5 Å². The molecule has 1 aromatic carbocycles. The van der Waals surface area contributed by atoms with E-state index in [1.165, 1.54) is 0 Å². The molecule has 3 rings (SSSR count). The van der Waals surface area contributed by atoms with E-state index >= 15 is 0 Å². The summed E-state index contributed by atoms with van der Waals surface area (Å²) in [5.74, 6) is -0.411. The SMILES string of the molecule is CC(C)[C@@H](NC(=O)CC1CCN(C(=O)OC(C)(C)C)C1)C(=O)N1CC[C@](O)(c2ccc(Cl)cc2)C(C)(C)C1. The Kier molecular flexibility index (Phi) is 9.09. The van der Waals surface area contributed by atoms with Crippen molar-refractivity contribution in [3.05, 3.63) is 34.9 Å². The van der Waals surface area contributed by atoms with Gasteiger partial charge in [0, 0.05) is 43.0 Å². The number of aliphatic hydroxyl groups is 1. The van der Waals surface area contributed by atoms with Gasteiger partial charge in [-0.05, 0) is 63.1 Å². The average Bonchev–Trinajstić information content (AvgIpc) is 3.26. The van der Waals surface area contributed by atoms with Gasteiger partial charge >= 0.3 is 6.09 Å². The van der Waals surface area contributed by atoms with Gasteiger partial charge in [-0.1, -0.05) is 51.4 Å². The number of amides is 3. The van der Waals surface area contributed by atoms with E-state index in [4.69, 9.17) is 16.3 Å². The van der Waals surface area contributed by atoms with E-state index in [1.807, 2.05) is 60.6 Å². The molecular formula is C29H44ClN3O5. The number of carbonyl (C=O) groups is 3. The van der Waals surface area contributed by atoms with Crippen LogP contribution in [0.25, 0.3) is 0 Å². The third kappa shape index (κ3) is 7.00. The monoisotopic (exact) mass is 549 g/mol. The Bertz CT molecular complexity index is 1020. The second-order valence-corrected chi connectivity index (χ2v) is 13.3. The zero-order valence-electron chi connectivity index (χ0n) is 23.8. The third-order valence-corrected chi connectivity index (χ3v) is 8.00. The van der Waals surface area contributed by atoms with Crippen molar-refractivity contribution in [2.75, 3.05) is 26.2 Å². The van der Waals surface area contributed by atoms with E-state index in [1.54, 1.807) is 21.9 Å². The smallest absolute Gasteiger partial charge is 0.410 e. The summed E-state index contributed by atoms with van der Waals surface area (Å²) in [4.78, 5) is 42.4. The van der Waals surface area contributed by atoms with Crippen molar-refractivity contribution in [2.45, 2.75) is 85.0 Å². The zero-order chi connectivity index (χ0) is 28.5. The minimum atomic E-state index is -1.10. The molecule has 38 heavy (non-hydrogen) atoms. The van der Waals surface area contributed by atoms with Gasteiger partial charge in [-0.15, -0.1) is 0 Å². The first kappa shape index (κ1) is 30.2. The first-order valence-corrected chi connectivity index (χ1v) is 13.9. The number of likely N-dealkylation sites (tertiary alicyclic amines) is 2. The van der Waals surface area contributed by atoms with Gasteiger partial charge in [0.2, 0.25) is 11.8 Å². The van der Waals surface area contributed by atoms with E-state index in [2.05, 4.69) is 5.32 Å². The standard InChI is InChI=1S/C29H44ClN3O5/c1-19(2)24(31-23(34)16-20-12-14-32(17-20)26(36)38-27(3,4)5)25(35)33-15-13-29(37,28(6,7)18-33)21-8-10-22(30)11-9-21/h8-11,19-20,24,37H,12-18H2,1-7H3,(H,31,34)/t20?,24-,29+/m1/s1. The van der Waals surface area contributed by atoms with Crippen LogP contribution in [0.4, 0.5) is 4.79 Å². The first-order chi connectivity index (χ1) is 17.5. The van der Waals surface area contributed by atoms with Gasteiger partial charge in [-0.25, -0.2) is 4.79 Å². The number of benzene rings is 1. The molecule has 3 atom stereocenters. The lowest BCUT2D eigenvalue weighted by atomic mass is 9.66. The highest BCUT2D eigenvalue weighted by Gasteiger charge is 2.50. The Morgan fingerprint density at radius 1 is 1.13 bits per heavy atom. The molecule has 0 aromatic heterocycles. The van der Waals surface area contributed by atoms with E-state index in [0.29, 0.717) is 37.6 Å². The third-order valence-electron chi connectivity index (χ3n) is 7.74. The molecule has 212 valence electrons. The van der Waals surface area contributed by atoms with E-state index in [-0.39, 0.29) is 36.2 Å². The number of piperidine rings is 1. The summed E-state index contributed by atoms with van der Waals surface area (Å²) >= 11 is 6.04. The Morgan fingerprint density at radius 3 is 2.32 bits per heavy atom. The largest absolute Gasteiger partial charge is 0.444 e. The van der Waals surface area contributed by atoms with Crippen molar-refractivity contribution in [3.63, 3.8) is 0 Å². The van der Waals surface area contributed by atoms with Crippen LogP contribution in [-0.4, -0.2) is 70.6 Å². The van der Waals surface area contributed by atoms with Crippen molar-refractivity contribution in [1.29, 1.82) is 0 Å². The first-order valence-electron chi connectivity index (χ1n) is 13.6. The molecule has 2 aliphatic rings. The fourth-order valence-electron chi connectivity index (χ4n) is 5.47. The summed E-state index contributed by atoms with van der Waals surface area (Å²) in [6, 6.07) is 6.55. The minimum absolute atomic E-state index is 0.0220. The van der Waals surface area contributed by atoms with Crippen LogP contribution < -0.4 is 5.32 Å². The molecule has 0 spiro atoms. The normalized spacial score (nSPS) is 24.3. The molecular weight excluding hydrogens is 506 g/mol. The predicted octanol–water partition coefficient (Wildman–Crippen LogP) is 4.57. The lowest BCUT2D eigenvalue weighted by Crippen LogP contribution is -2.60. The molecule has 2 N–H and O–H groups in total. The van der Waals surface area contributed by atoms with E-state index < -0.39 is 22.7 Å². The summed E-state index contributed by atoms with van der Waals surface area (Å²) in [5, 5.41) is 15.2. The molecule has 1 aromatic rings. The molecule has 2 fully saturated rings. The number of hydrogen-bond donors (Lipinski definition) is 2. The lowest BCUT2D eigenvalue weighted by Gasteiger charge is -2.51. The molecule has 8 nitrogen and oxygen atoms in total. The molecule has 9 heteroatoms. The Balaban J connectivity index is 1.60. The van der Waals surface area contributed by atoms with Crippen molar-refractivity contribution >= 4 is 29.5 Å². The Morgan fingerprint density at radius 2 is 1.76 bits per heavy atom. The van der Waals surface area contributed by atoms with Gasteiger partial charge in [0.25, 0.3) is 0 Å². The second-order valence-electron chi connectivity index (χ2n) is 12.8. The van der Waals surface area contributed by atoms with Crippen LogP contribution in [0.5, 0.6) is 0 Å². The van der Waals surface area contributed by atoms with Gasteiger partial charge in [-0.3, -0.25) is 9.59 Å². The Labute approximate surface area is 232 Å². The molecule has 1 unspecified atom stereocenters. The number of nitrogens with zero attached hydrogens (tertiary/aromatic N) is 2. The molecule has 2 saturated heterocycles. The molecule has 0 bridgehead atoms. The van der Waals surface area contributed by atoms with Gasteiger partial charge in [0.1, 0.15) is 11.6 Å². The molecule has 0 saturated carbocycles. The lowest BCUT2D eigenvalue weighted by molar-refractivity contribution is -0.156. The number of rotatable bonds is 6. The highest BCUT2D eigenvalue weighted by molar-refractivity contribution is 6.30. The van der Waals surface area contributed by atoms with Crippen LogP contribution in [0.15, 0.2) is 24.3 Å². The number of ether oxygens (including phenoxy) is 1. The van der Waals surface area contributed by atoms with Crippen molar-refractivity contribution < 1.29 is 24.2 Å². The van der Waals surface area contributed by atoms with Gasteiger partial charge in [0.05, 0.1) is 5.60 Å². The van der Waals surface area contributed by atoms with Crippen LogP contribution in [-0.2, 0) is 19.9 Å². The fraction of sp³-hybridized carbons (Fsp3) is 0.690. The highest BCUT2D eigenvalue weighted by atomic mass is 35.5. The number of carbonyl (C=O) groups excluding carboxylic acids is 3. The molecule has 2 heterocycles.